The molecule has 0 spiro atoms. The third-order valence-corrected chi connectivity index (χ3v) is 4.48. The average molecular weight is 340 g/mol. The van der Waals surface area contributed by atoms with E-state index < -0.39 is 10.0 Å². The van der Waals surface area contributed by atoms with Gasteiger partial charge in [-0.2, -0.15) is 0 Å². The number of carbonyl (C=O) groups is 1. The molecule has 1 unspecified atom stereocenters. The minimum atomic E-state index is -3.34. The molecule has 1 N–H and O–H groups in total. The normalized spacial score (nSPS) is 18.8. The van der Waals surface area contributed by atoms with Crippen molar-refractivity contribution in [3.63, 3.8) is 0 Å². The maximum atomic E-state index is 12.0. The van der Waals surface area contributed by atoms with Gasteiger partial charge in [0.25, 0.3) is 0 Å². The van der Waals surface area contributed by atoms with Crippen LogP contribution in [0.2, 0.25) is 0 Å². The number of morpholine rings is 1. The van der Waals surface area contributed by atoms with Gasteiger partial charge in [-0.05, 0) is 24.8 Å². The van der Waals surface area contributed by atoms with Gasteiger partial charge < -0.3 is 9.64 Å². The number of rotatable bonds is 7. The molecule has 1 amide bonds. The Morgan fingerprint density at radius 3 is 2.78 bits per heavy atom. The molecule has 0 aromatic heterocycles. The summed E-state index contributed by atoms with van der Waals surface area (Å²) in [4.78, 5) is 13.7. The van der Waals surface area contributed by atoms with Crippen molar-refractivity contribution in [2.75, 3.05) is 32.5 Å². The van der Waals surface area contributed by atoms with Crippen LogP contribution in [0.4, 0.5) is 0 Å². The highest BCUT2D eigenvalue weighted by molar-refractivity contribution is 7.88. The molecule has 7 heteroatoms. The largest absolute Gasteiger partial charge is 0.375 e. The first kappa shape index (κ1) is 17.9. The van der Waals surface area contributed by atoms with E-state index in [0.29, 0.717) is 19.7 Å². The predicted molar refractivity (Wildman–Crippen MR) is 88.5 cm³/mol. The van der Waals surface area contributed by atoms with Crippen LogP contribution in [0.1, 0.15) is 18.4 Å². The summed E-state index contributed by atoms with van der Waals surface area (Å²) in [5.74, 6) is -0.202. The first-order valence-electron chi connectivity index (χ1n) is 7.82. The number of amides is 1. The van der Waals surface area contributed by atoms with Crippen LogP contribution in [0, 0.1) is 0 Å². The second kappa shape index (κ2) is 8.42. The number of hydrogen-bond acceptors (Lipinski definition) is 4. The number of carbonyl (C=O) groups excluding carboxylic acids is 1. The van der Waals surface area contributed by atoms with Gasteiger partial charge in [0.2, 0.25) is 15.9 Å². The van der Waals surface area contributed by atoms with Crippen LogP contribution < -0.4 is 4.72 Å². The Balaban J connectivity index is 1.73. The van der Waals surface area contributed by atoms with Crippen LogP contribution in [0.25, 0.3) is 0 Å². The highest BCUT2D eigenvalue weighted by Gasteiger charge is 2.24. The van der Waals surface area contributed by atoms with Crippen molar-refractivity contribution in [3.05, 3.63) is 35.9 Å². The Morgan fingerprint density at radius 1 is 1.35 bits per heavy atom. The van der Waals surface area contributed by atoms with E-state index >= 15 is 0 Å². The lowest BCUT2D eigenvalue weighted by Gasteiger charge is -2.33. The van der Waals surface area contributed by atoms with Gasteiger partial charge in [-0.1, -0.05) is 30.3 Å². The van der Waals surface area contributed by atoms with E-state index in [1.165, 1.54) is 5.56 Å². The fourth-order valence-electron chi connectivity index (χ4n) is 2.60. The van der Waals surface area contributed by atoms with Gasteiger partial charge in [0.1, 0.15) is 0 Å². The average Bonchev–Trinajstić information content (AvgIpc) is 2.53. The van der Waals surface area contributed by atoms with Crippen molar-refractivity contribution in [1.82, 2.24) is 9.62 Å². The molecular formula is C16H24N2O4S. The Labute approximate surface area is 137 Å². The minimum Gasteiger partial charge on any atom is -0.375 e. The van der Waals surface area contributed by atoms with Crippen molar-refractivity contribution in [3.8, 4) is 0 Å². The molecule has 1 fully saturated rings. The van der Waals surface area contributed by atoms with Crippen molar-refractivity contribution >= 4 is 15.9 Å². The monoisotopic (exact) mass is 340 g/mol. The summed E-state index contributed by atoms with van der Waals surface area (Å²) < 4.78 is 30.1. The molecule has 1 heterocycles. The number of nitrogens with one attached hydrogen (secondary N) is 1. The molecule has 2 rings (SSSR count). The standard InChI is InChI=1S/C16H24N2O4S/c1-23(20,21)17-12-16(19)18-10-11-22-15(13-18)9-5-8-14-6-3-2-4-7-14/h2-4,6-7,15,17H,5,8-13H2,1H3. The molecule has 0 aliphatic carbocycles. The maximum Gasteiger partial charge on any atom is 0.237 e. The van der Waals surface area contributed by atoms with Crippen LogP contribution in [-0.4, -0.2) is 57.8 Å². The maximum absolute atomic E-state index is 12.0. The predicted octanol–water partition coefficient (Wildman–Crippen LogP) is 0.786. The van der Waals surface area contributed by atoms with Gasteiger partial charge in [0, 0.05) is 13.1 Å². The van der Waals surface area contributed by atoms with E-state index in [2.05, 4.69) is 16.9 Å². The van der Waals surface area contributed by atoms with Crippen molar-refractivity contribution in [1.29, 1.82) is 0 Å². The Morgan fingerprint density at radius 2 is 2.09 bits per heavy atom. The van der Waals surface area contributed by atoms with Gasteiger partial charge in [-0.3, -0.25) is 4.79 Å². The number of hydrogen-bond donors (Lipinski definition) is 1. The zero-order chi connectivity index (χ0) is 16.7. The fourth-order valence-corrected chi connectivity index (χ4v) is 2.99. The summed E-state index contributed by atoms with van der Waals surface area (Å²) in [6.45, 7) is 1.36. The zero-order valence-corrected chi connectivity index (χ0v) is 14.2. The smallest absolute Gasteiger partial charge is 0.237 e. The van der Waals surface area contributed by atoms with E-state index in [4.69, 9.17) is 4.74 Å². The molecule has 1 atom stereocenters. The molecule has 1 aliphatic heterocycles. The second-order valence-electron chi connectivity index (χ2n) is 5.80. The number of benzene rings is 1. The van der Waals surface area contributed by atoms with E-state index in [-0.39, 0.29) is 18.6 Å². The van der Waals surface area contributed by atoms with Gasteiger partial charge in [0.15, 0.2) is 0 Å². The van der Waals surface area contributed by atoms with E-state index in [1.54, 1.807) is 4.90 Å². The van der Waals surface area contributed by atoms with Crippen molar-refractivity contribution < 1.29 is 17.9 Å². The van der Waals surface area contributed by atoms with Crippen LogP contribution >= 0.6 is 0 Å². The number of aryl methyl sites for hydroxylation is 1. The minimum absolute atomic E-state index is 0.0228. The molecule has 0 saturated carbocycles. The molecular weight excluding hydrogens is 316 g/mol. The summed E-state index contributed by atoms with van der Waals surface area (Å²) in [5.41, 5.74) is 1.30. The van der Waals surface area contributed by atoms with E-state index in [0.717, 1.165) is 25.5 Å². The van der Waals surface area contributed by atoms with E-state index in [1.807, 2.05) is 18.2 Å². The first-order valence-corrected chi connectivity index (χ1v) is 9.71. The highest BCUT2D eigenvalue weighted by Crippen LogP contribution is 2.13. The van der Waals surface area contributed by atoms with E-state index in [9.17, 15) is 13.2 Å². The molecule has 0 radical (unpaired) electrons. The molecule has 1 aromatic rings. The van der Waals surface area contributed by atoms with Gasteiger partial charge in [-0.15, -0.1) is 0 Å². The van der Waals surface area contributed by atoms with Crippen molar-refractivity contribution in [2.45, 2.75) is 25.4 Å². The summed E-state index contributed by atoms with van der Waals surface area (Å²) in [5, 5.41) is 0. The SMILES string of the molecule is CS(=O)(=O)NCC(=O)N1CCOC(CCCc2ccccc2)C1. The lowest BCUT2D eigenvalue weighted by atomic mass is 10.1. The molecule has 1 aliphatic rings. The van der Waals surface area contributed by atoms with Crippen molar-refractivity contribution in [2.24, 2.45) is 0 Å². The van der Waals surface area contributed by atoms with Gasteiger partial charge in [0.05, 0.1) is 25.5 Å². The molecule has 1 aromatic carbocycles. The quantitative estimate of drug-likeness (QED) is 0.796. The molecule has 1 saturated heterocycles. The summed E-state index contributed by atoms with van der Waals surface area (Å²) in [6, 6.07) is 10.3. The Hall–Kier alpha value is -1.44. The van der Waals surface area contributed by atoms with Gasteiger partial charge in [-0.25, -0.2) is 13.1 Å². The molecule has 128 valence electrons. The lowest BCUT2D eigenvalue weighted by Crippen LogP contribution is -2.48. The Kier molecular flexibility index (Phi) is 6.56. The zero-order valence-electron chi connectivity index (χ0n) is 13.4. The van der Waals surface area contributed by atoms with Crippen LogP contribution in [0.15, 0.2) is 30.3 Å². The number of ether oxygens (including phenoxy) is 1. The number of sulfonamides is 1. The second-order valence-corrected chi connectivity index (χ2v) is 7.64. The summed E-state index contributed by atoms with van der Waals surface area (Å²) in [7, 11) is -3.34. The highest BCUT2D eigenvalue weighted by atomic mass is 32.2. The third-order valence-electron chi connectivity index (χ3n) is 3.81. The summed E-state index contributed by atoms with van der Waals surface area (Å²) in [6.07, 6.45) is 3.95. The van der Waals surface area contributed by atoms with Crippen LogP contribution in [0.5, 0.6) is 0 Å². The van der Waals surface area contributed by atoms with Crippen LogP contribution in [0.3, 0.4) is 0 Å². The Bertz CT molecular complexity index is 604. The topological polar surface area (TPSA) is 75.7 Å². The van der Waals surface area contributed by atoms with Gasteiger partial charge >= 0.3 is 0 Å². The molecule has 0 bridgehead atoms. The first-order chi connectivity index (χ1) is 10.9. The lowest BCUT2D eigenvalue weighted by molar-refractivity contribution is -0.137. The number of nitrogens with zero attached hydrogens (tertiary/aromatic N) is 1. The fraction of sp³-hybridized carbons (Fsp3) is 0.562. The van der Waals surface area contributed by atoms with Crippen LogP contribution in [-0.2, 0) is 26.0 Å². The molecule has 23 heavy (non-hydrogen) atoms. The third kappa shape index (κ3) is 6.68. The molecule has 6 nitrogen and oxygen atoms in total. The summed E-state index contributed by atoms with van der Waals surface area (Å²) >= 11 is 0.